The molecule has 0 spiro atoms. The van der Waals surface area contributed by atoms with E-state index in [-0.39, 0.29) is 41.7 Å². The summed E-state index contributed by atoms with van der Waals surface area (Å²) in [5.41, 5.74) is -0.505. The van der Waals surface area contributed by atoms with Gasteiger partial charge in [-0.15, -0.1) is 13.2 Å². The number of pyridine rings is 1. The number of hydrogen-bond donors (Lipinski definition) is 2. The number of hydrogen-bond acceptors (Lipinski definition) is 7. The number of carbonyl (C=O) groups excluding carboxylic acids is 2. The van der Waals surface area contributed by atoms with Gasteiger partial charge in [-0.25, -0.2) is 10.5 Å². The number of nitrogens with one attached hydrogen (secondary N) is 1. The van der Waals surface area contributed by atoms with E-state index in [1.807, 2.05) is 0 Å². The van der Waals surface area contributed by atoms with Gasteiger partial charge in [0.15, 0.2) is 0 Å². The first kappa shape index (κ1) is 28.9. The maximum atomic E-state index is 13.4. The van der Waals surface area contributed by atoms with Gasteiger partial charge in [-0.05, 0) is 61.7 Å². The number of fused-ring (bicyclic) bond motifs is 1. The van der Waals surface area contributed by atoms with E-state index in [2.05, 4.69) is 9.72 Å². The smallest absolute Gasteiger partial charge is 0.489 e. The Bertz CT molecular complexity index is 1410. The molecule has 1 aliphatic rings. The lowest BCUT2D eigenvalue weighted by molar-refractivity contribution is -0.274. The Labute approximate surface area is 222 Å². The fourth-order valence-corrected chi connectivity index (χ4v) is 4.46. The average Bonchev–Trinajstić information content (AvgIpc) is 3.61. The van der Waals surface area contributed by atoms with E-state index >= 15 is 0 Å². The summed E-state index contributed by atoms with van der Waals surface area (Å²) in [5.74, 6) is -2.48. The highest BCUT2D eigenvalue weighted by molar-refractivity contribution is 5.93. The SMILES string of the molecule is CCOC(=O)[C@@]1(Cc2ccc(OCc3cc(C(F)(F)F)nc4ccc(OC(F)(F)F)cc34)cc2)C[C@@H]1C(=O)NO. The second-order valence-electron chi connectivity index (χ2n) is 9.11. The second kappa shape index (κ2) is 10.8. The Morgan fingerprint density at radius 3 is 2.33 bits per heavy atom. The molecule has 2 N–H and O–H groups in total. The van der Waals surface area contributed by atoms with Crippen molar-refractivity contribution in [3.8, 4) is 11.5 Å². The third-order valence-corrected chi connectivity index (χ3v) is 6.41. The lowest BCUT2D eigenvalue weighted by Gasteiger charge is -2.16. The number of hydroxylamine groups is 1. The molecule has 1 saturated carbocycles. The van der Waals surface area contributed by atoms with Gasteiger partial charge < -0.3 is 14.2 Å². The number of alkyl halides is 6. The Kier molecular flexibility index (Phi) is 7.83. The molecular formula is C26H22F6N2O6. The summed E-state index contributed by atoms with van der Waals surface area (Å²) in [6.45, 7) is 1.28. The molecule has 1 heterocycles. The molecule has 0 radical (unpaired) electrons. The third-order valence-electron chi connectivity index (χ3n) is 6.41. The number of rotatable bonds is 9. The molecule has 1 fully saturated rings. The molecule has 1 aromatic heterocycles. The number of aromatic nitrogens is 1. The standard InChI is InChI=1S/C26H22F6N2O6/c1-2-38-23(36)24(12-19(24)22(35)34-37)11-14-3-5-16(6-4-14)39-13-15-9-21(25(27,28)29)33-20-8-7-17(10-18(15)20)40-26(30,31)32/h3-10,19,37H,2,11-13H2,1H3,(H,34,35)/t19-,24+/m1/s1. The minimum atomic E-state index is -5.00. The van der Waals surface area contributed by atoms with Crippen molar-refractivity contribution >= 4 is 22.8 Å². The number of halogens is 6. The van der Waals surface area contributed by atoms with Crippen LogP contribution in [0.25, 0.3) is 10.9 Å². The highest BCUT2D eigenvalue weighted by atomic mass is 19.4. The van der Waals surface area contributed by atoms with E-state index in [4.69, 9.17) is 14.7 Å². The quantitative estimate of drug-likeness (QED) is 0.154. The van der Waals surface area contributed by atoms with E-state index < -0.39 is 53.8 Å². The zero-order valence-electron chi connectivity index (χ0n) is 20.7. The minimum Gasteiger partial charge on any atom is -0.489 e. The first-order valence-electron chi connectivity index (χ1n) is 11.9. The van der Waals surface area contributed by atoms with Gasteiger partial charge in [0.05, 0.1) is 23.5 Å². The van der Waals surface area contributed by atoms with Crippen molar-refractivity contribution in [2.75, 3.05) is 6.61 Å². The molecule has 1 aliphatic carbocycles. The summed E-state index contributed by atoms with van der Waals surface area (Å²) in [4.78, 5) is 27.9. The van der Waals surface area contributed by atoms with Crippen LogP contribution in [0, 0.1) is 11.3 Å². The fraction of sp³-hybridized carbons (Fsp3) is 0.346. The van der Waals surface area contributed by atoms with E-state index in [1.54, 1.807) is 24.5 Å². The van der Waals surface area contributed by atoms with E-state index in [1.165, 1.54) is 12.1 Å². The van der Waals surface area contributed by atoms with Gasteiger partial charge in [0.1, 0.15) is 23.8 Å². The van der Waals surface area contributed by atoms with Crippen LogP contribution in [0.2, 0.25) is 0 Å². The van der Waals surface area contributed by atoms with Crippen molar-refractivity contribution in [1.82, 2.24) is 10.5 Å². The summed E-state index contributed by atoms with van der Waals surface area (Å²) in [5, 5.41) is 8.92. The molecule has 14 heteroatoms. The van der Waals surface area contributed by atoms with Gasteiger partial charge >= 0.3 is 18.5 Å². The minimum absolute atomic E-state index is 0.0234. The molecule has 2 aromatic carbocycles. The number of ether oxygens (including phenoxy) is 3. The molecule has 8 nitrogen and oxygen atoms in total. The van der Waals surface area contributed by atoms with Crippen LogP contribution in [0.5, 0.6) is 11.5 Å². The summed E-state index contributed by atoms with van der Waals surface area (Å²) in [6.07, 6.45) is -9.52. The number of amides is 1. The molecule has 214 valence electrons. The van der Waals surface area contributed by atoms with Crippen molar-refractivity contribution in [2.24, 2.45) is 11.3 Å². The Hall–Kier alpha value is -4.07. The van der Waals surface area contributed by atoms with Crippen molar-refractivity contribution < 1.29 is 55.3 Å². The van der Waals surface area contributed by atoms with Crippen molar-refractivity contribution in [1.29, 1.82) is 0 Å². The lowest BCUT2D eigenvalue weighted by Crippen LogP contribution is -2.30. The maximum absolute atomic E-state index is 13.4. The number of nitrogens with zero attached hydrogens (tertiary/aromatic N) is 1. The molecule has 4 rings (SSSR count). The Morgan fingerprint density at radius 2 is 1.73 bits per heavy atom. The van der Waals surface area contributed by atoms with Crippen LogP contribution in [0.4, 0.5) is 26.3 Å². The van der Waals surface area contributed by atoms with Crippen molar-refractivity contribution in [2.45, 2.75) is 38.9 Å². The van der Waals surface area contributed by atoms with Crippen LogP contribution in [0.3, 0.4) is 0 Å². The molecule has 3 aromatic rings. The normalized spacial score (nSPS) is 18.8. The van der Waals surface area contributed by atoms with Crippen molar-refractivity contribution in [3.63, 3.8) is 0 Å². The van der Waals surface area contributed by atoms with Gasteiger partial charge in [0.2, 0.25) is 5.91 Å². The van der Waals surface area contributed by atoms with Gasteiger partial charge in [-0.2, -0.15) is 13.2 Å². The van der Waals surface area contributed by atoms with Gasteiger partial charge in [0, 0.05) is 10.9 Å². The zero-order valence-corrected chi connectivity index (χ0v) is 20.7. The van der Waals surface area contributed by atoms with Gasteiger partial charge in [0.25, 0.3) is 0 Å². The van der Waals surface area contributed by atoms with E-state index in [0.717, 1.165) is 18.2 Å². The summed E-state index contributed by atoms with van der Waals surface area (Å²) in [7, 11) is 0. The van der Waals surface area contributed by atoms with Gasteiger partial charge in [-0.3, -0.25) is 14.8 Å². The molecule has 0 bridgehead atoms. The van der Waals surface area contributed by atoms with Gasteiger partial charge in [-0.1, -0.05) is 12.1 Å². The third kappa shape index (κ3) is 6.38. The number of benzene rings is 2. The molecule has 0 unspecified atom stereocenters. The topological polar surface area (TPSA) is 107 Å². The lowest BCUT2D eigenvalue weighted by atomic mass is 9.93. The zero-order chi connectivity index (χ0) is 29.3. The molecule has 0 saturated heterocycles. The first-order valence-corrected chi connectivity index (χ1v) is 11.9. The van der Waals surface area contributed by atoms with Crippen LogP contribution in [-0.4, -0.2) is 35.0 Å². The molecular weight excluding hydrogens is 550 g/mol. The number of esters is 1. The highest BCUT2D eigenvalue weighted by Crippen LogP contribution is 2.56. The van der Waals surface area contributed by atoms with E-state index in [0.29, 0.717) is 11.6 Å². The Balaban J connectivity index is 1.55. The summed E-state index contributed by atoms with van der Waals surface area (Å²) < 4.78 is 92.8. The molecule has 40 heavy (non-hydrogen) atoms. The first-order chi connectivity index (χ1) is 18.8. The molecule has 0 aliphatic heterocycles. The predicted octanol–water partition coefficient (Wildman–Crippen LogP) is 5.35. The van der Waals surface area contributed by atoms with Crippen LogP contribution in [-0.2, 0) is 33.5 Å². The monoisotopic (exact) mass is 572 g/mol. The molecule has 2 atom stereocenters. The highest BCUT2D eigenvalue weighted by Gasteiger charge is 2.64. The van der Waals surface area contributed by atoms with Crippen LogP contribution in [0.1, 0.15) is 30.2 Å². The van der Waals surface area contributed by atoms with Crippen LogP contribution in [0.15, 0.2) is 48.5 Å². The Morgan fingerprint density at radius 1 is 1.05 bits per heavy atom. The maximum Gasteiger partial charge on any atom is 0.573 e. The predicted molar refractivity (Wildman–Crippen MR) is 125 cm³/mol. The van der Waals surface area contributed by atoms with Crippen molar-refractivity contribution in [3.05, 3.63) is 65.4 Å². The largest absolute Gasteiger partial charge is 0.573 e. The summed E-state index contributed by atoms with van der Waals surface area (Å²) in [6, 6.07) is 9.63. The molecule has 1 amide bonds. The van der Waals surface area contributed by atoms with Crippen LogP contribution >= 0.6 is 0 Å². The number of carbonyl (C=O) groups is 2. The second-order valence-corrected chi connectivity index (χ2v) is 9.11. The summed E-state index contributed by atoms with van der Waals surface area (Å²) >= 11 is 0. The fourth-order valence-electron chi connectivity index (χ4n) is 4.46. The van der Waals surface area contributed by atoms with Crippen LogP contribution < -0.4 is 15.0 Å². The van der Waals surface area contributed by atoms with E-state index in [9.17, 15) is 35.9 Å². The average molecular weight is 572 g/mol.